The molecular weight excluding hydrogens is 364 g/mol. The predicted molar refractivity (Wildman–Crippen MR) is 117 cm³/mol. The normalized spacial score (nSPS) is 11.0. The standard InChI is InChI=1S/C24H32N2O3/c1-18(27)25-15-5-6-16-26-23(28)17-29-22-13-9-20(10-14-22)19-7-11-21(12-8-19)24(2,3)4/h7-14H,5-6,15-17H2,1-4H3,(H,25,27)(H,26,28). The van der Waals surface area contributed by atoms with E-state index in [1.807, 2.05) is 24.3 Å². The van der Waals surface area contributed by atoms with Gasteiger partial charge >= 0.3 is 0 Å². The molecule has 0 radical (unpaired) electrons. The van der Waals surface area contributed by atoms with Crippen LogP contribution in [0.25, 0.3) is 11.1 Å². The van der Waals surface area contributed by atoms with Gasteiger partial charge in [-0.2, -0.15) is 0 Å². The molecule has 0 aliphatic carbocycles. The van der Waals surface area contributed by atoms with Gasteiger partial charge in [-0.25, -0.2) is 0 Å². The molecular formula is C24H32N2O3. The van der Waals surface area contributed by atoms with Crippen LogP contribution in [-0.2, 0) is 15.0 Å². The molecule has 2 N–H and O–H groups in total. The molecule has 0 aliphatic rings. The molecule has 0 unspecified atom stereocenters. The maximum Gasteiger partial charge on any atom is 0.257 e. The number of unbranched alkanes of at least 4 members (excludes halogenated alkanes) is 1. The van der Waals surface area contributed by atoms with Crippen LogP contribution in [0.3, 0.4) is 0 Å². The number of ether oxygens (including phenoxy) is 1. The van der Waals surface area contributed by atoms with Crippen molar-refractivity contribution < 1.29 is 14.3 Å². The summed E-state index contributed by atoms with van der Waals surface area (Å²) in [5.74, 6) is 0.489. The molecule has 0 saturated carbocycles. The summed E-state index contributed by atoms with van der Waals surface area (Å²) in [5.41, 5.74) is 3.72. The van der Waals surface area contributed by atoms with E-state index in [0.717, 1.165) is 24.0 Å². The summed E-state index contributed by atoms with van der Waals surface area (Å²) < 4.78 is 5.56. The van der Waals surface area contributed by atoms with E-state index in [0.29, 0.717) is 18.8 Å². The molecule has 2 aromatic carbocycles. The predicted octanol–water partition coefficient (Wildman–Crippen LogP) is 4.06. The van der Waals surface area contributed by atoms with Gasteiger partial charge in [0, 0.05) is 20.0 Å². The van der Waals surface area contributed by atoms with Crippen LogP contribution in [0.1, 0.15) is 46.1 Å². The second-order valence-corrected chi connectivity index (χ2v) is 8.18. The maximum atomic E-state index is 11.9. The third-order valence-corrected chi connectivity index (χ3v) is 4.61. The van der Waals surface area contributed by atoms with Crippen LogP contribution >= 0.6 is 0 Å². The lowest BCUT2D eigenvalue weighted by atomic mass is 9.86. The highest BCUT2D eigenvalue weighted by Crippen LogP contribution is 2.27. The third kappa shape index (κ3) is 7.98. The summed E-state index contributed by atoms with van der Waals surface area (Å²) in [6, 6.07) is 16.4. The monoisotopic (exact) mass is 396 g/mol. The first-order valence-electron chi connectivity index (χ1n) is 10.1. The molecule has 0 spiro atoms. The summed E-state index contributed by atoms with van der Waals surface area (Å²) in [7, 11) is 0. The van der Waals surface area contributed by atoms with E-state index in [1.54, 1.807) is 0 Å². The number of benzene rings is 2. The van der Waals surface area contributed by atoms with E-state index in [-0.39, 0.29) is 23.8 Å². The maximum absolute atomic E-state index is 11.9. The minimum atomic E-state index is -0.147. The van der Waals surface area contributed by atoms with Gasteiger partial charge in [-0.1, -0.05) is 57.2 Å². The van der Waals surface area contributed by atoms with E-state index in [4.69, 9.17) is 4.74 Å². The van der Waals surface area contributed by atoms with Crippen molar-refractivity contribution in [2.45, 2.75) is 46.0 Å². The van der Waals surface area contributed by atoms with Crippen molar-refractivity contribution in [3.63, 3.8) is 0 Å². The van der Waals surface area contributed by atoms with Crippen LogP contribution in [0.15, 0.2) is 48.5 Å². The highest BCUT2D eigenvalue weighted by molar-refractivity contribution is 5.77. The fraction of sp³-hybridized carbons (Fsp3) is 0.417. The summed E-state index contributed by atoms with van der Waals surface area (Å²) in [6.07, 6.45) is 1.65. The van der Waals surface area contributed by atoms with Gasteiger partial charge in [-0.3, -0.25) is 9.59 Å². The second-order valence-electron chi connectivity index (χ2n) is 8.18. The lowest BCUT2D eigenvalue weighted by molar-refractivity contribution is -0.123. The van der Waals surface area contributed by atoms with E-state index >= 15 is 0 Å². The topological polar surface area (TPSA) is 67.4 Å². The Hall–Kier alpha value is -2.82. The van der Waals surface area contributed by atoms with E-state index in [2.05, 4.69) is 55.7 Å². The molecule has 0 aromatic heterocycles. The summed E-state index contributed by atoms with van der Waals surface area (Å²) in [5, 5.41) is 5.55. The van der Waals surface area contributed by atoms with Gasteiger partial charge in [0.05, 0.1) is 0 Å². The van der Waals surface area contributed by atoms with Gasteiger partial charge < -0.3 is 15.4 Å². The van der Waals surface area contributed by atoms with Crippen LogP contribution in [0, 0.1) is 0 Å². The molecule has 0 aliphatic heterocycles. The Kier molecular flexibility index (Phi) is 8.25. The van der Waals surface area contributed by atoms with Crippen molar-refractivity contribution >= 4 is 11.8 Å². The average molecular weight is 397 g/mol. The highest BCUT2D eigenvalue weighted by Gasteiger charge is 2.13. The zero-order valence-corrected chi connectivity index (χ0v) is 17.9. The van der Waals surface area contributed by atoms with Crippen molar-refractivity contribution in [2.24, 2.45) is 0 Å². The van der Waals surface area contributed by atoms with Crippen molar-refractivity contribution in [2.75, 3.05) is 19.7 Å². The Bertz CT molecular complexity index is 790. The highest BCUT2D eigenvalue weighted by atomic mass is 16.5. The Balaban J connectivity index is 1.75. The molecule has 29 heavy (non-hydrogen) atoms. The first kappa shape index (κ1) is 22.5. The Morgan fingerprint density at radius 2 is 1.34 bits per heavy atom. The minimum absolute atomic E-state index is 0.00861. The summed E-state index contributed by atoms with van der Waals surface area (Å²) >= 11 is 0. The molecule has 0 heterocycles. The molecule has 2 rings (SSSR count). The van der Waals surface area contributed by atoms with Gasteiger partial charge in [0.1, 0.15) is 5.75 Å². The molecule has 156 valence electrons. The van der Waals surface area contributed by atoms with Gasteiger partial charge in [-0.05, 0) is 47.1 Å². The number of carbonyl (C=O) groups excluding carboxylic acids is 2. The summed E-state index contributed by atoms with van der Waals surface area (Å²) in [4.78, 5) is 22.6. The number of carbonyl (C=O) groups is 2. The fourth-order valence-corrected chi connectivity index (χ4v) is 2.85. The number of amides is 2. The lowest BCUT2D eigenvalue weighted by Gasteiger charge is -2.19. The van der Waals surface area contributed by atoms with Crippen molar-refractivity contribution in [1.29, 1.82) is 0 Å². The Labute approximate surface area is 173 Å². The second kappa shape index (κ2) is 10.6. The summed E-state index contributed by atoms with van der Waals surface area (Å²) in [6.45, 7) is 9.31. The van der Waals surface area contributed by atoms with Crippen molar-refractivity contribution in [1.82, 2.24) is 10.6 Å². The number of hydrogen-bond acceptors (Lipinski definition) is 3. The largest absolute Gasteiger partial charge is 0.484 e. The fourth-order valence-electron chi connectivity index (χ4n) is 2.85. The van der Waals surface area contributed by atoms with Crippen molar-refractivity contribution in [3.05, 3.63) is 54.1 Å². The first-order valence-corrected chi connectivity index (χ1v) is 10.1. The number of rotatable bonds is 9. The van der Waals surface area contributed by atoms with Crippen LogP contribution in [-0.4, -0.2) is 31.5 Å². The van der Waals surface area contributed by atoms with E-state index in [9.17, 15) is 9.59 Å². The number of nitrogens with one attached hydrogen (secondary N) is 2. The van der Waals surface area contributed by atoms with E-state index < -0.39 is 0 Å². The van der Waals surface area contributed by atoms with Crippen LogP contribution in [0.5, 0.6) is 5.75 Å². The number of hydrogen-bond donors (Lipinski definition) is 2. The average Bonchev–Trinajstić information content (AvgIpc) is 2.68. The van der Waals surface area contributed by atoms with Crippen LogP contribution < -0.4 is 15.4 Å². The minimum Gasteiger partial charge on any atom is -0.484 e. The van der Waals surface area contributed by atoms with Gasteiger partial charge in [0.25, 0.3) is 5.91 Å². The molecule has 0 saturated heterocycles. The smallest absolute Gasteiger partial charge is 0.257 e. The lowest BCUT2D eigenvalue weighted by Crippen LogP contribution is -2.30. The van der Waals surface area contributed by atoms with Gasteiger partial charge in [-0.15, -0.1) is 0 Å². The quantitative estimate of drug-likeness (QED) is 0.628. The zero-order valence-electron chi connectivity index (χ0n) is 17.9. The van der Waals surface area contributed by atoms with Crippen LogP contribution in [0.4, 0.5) is 0 Å². The van der Waals surface area contributed by atoms with E-state index in [1.165, 1.54) is 12.5 Å². The molecule has 0 fully saturated rings. The van der Waals surface area contributed by atoms with Gasteiger partial charge in [0.2, 0.25) is 5.91 Å². The molecule has 2 amide bonds. The van der Waals surface area contributed by atoms with Gasteiger partial charge in [0.15, 0.2) is 6.61 Å². The molecule has 2 aromatic rings. The Morgan fingerprint density at radius 3 is 1.86 bits per heavy atom. The third-order valence-electron chi connectivity index (χ3n) is 4.61. The molecule has 5 nitrogen and oxygen atoms in total. The van der Waals surface area contributed by atoms with Crippen LogP contribution in [0.2, 0.25) is 0 Å². The SMILES string of the molecule is CC(=O)NCCCCNC(=O)COc1ccc(-c2ccc(C(C)(C)C)cc2)cc1. The first-order chi connectivity index (χ1) is 13.8. The molecule has 5 heteroatoms. The van der Waals surface area contributed by atoms with Crippen molar-refractivity contribution in [3.8, 4) is 16.9 Å². The molecule has 0 bridgehead atoms. The zero-order chi connectivity index (χ0) is 21.3. The Morgan fingerprint density at radius 1 is 0.828 bits per heavy atom. The molecule has 0 atom stereocenters.